The summed E-state index contributed by atoms with van der Waals surface area (Å²) in [7, 11) is 3.92. The Morgan fingerprint density at radius 3 is 2.75 bits per heavy atom. The summed E-state index contributed by atoms with van der Waals surface area (Å²) in [5.41, 5.74) is 0.410. The topological polar surface area (TPSA) is 110 Å². The Kier molecular flexibility index (Phi) is 8.27. The van der Waals surface area contributed by atoms with Crippen molar-refractivity contribution in [3.63, 3.8) is 0 Å². The minimum Gasteiger partial charge on any atom is -0.340 e. The van der Waals surface area contributed by atoms with Crippen LogP contribution in [0.25, 0.3) is 0 Å². The molecule has 172 valence electrons. The molecule has 0 saturated carbocycles. The number of nitrogens with zero attached hydrogens (tertiary/aromatic N) is 3. The summed E-state index contributed by atoms with van der Waals surface area (Å²) in [4.78, 5) is 42.1. The molecule has 0 bridgehead atoms. The SMILES string of the molecule is CN(C)CCN1CCCCC(NC(=O)c2[nH]nc(NC(=O)c3ccccc3Cl)c2Br)C1=O. The lowest BCUT2D eigenvalue weighted by Crippen LogP contribution is -2.49. The molecule has 0 spiro atoms. The molecule has 1 aliphatic rings. The van der Waals surface area contributed by atoms with Crippen molar-refractivity contribution in [1.82, 2.24) is 25.3 Å². The maximum atomic E-state index is 12.9. The normalized spacial score (nSPS) is 16.7. The molecule has 9 nitrogen and oxygen atoms in total. The largest absolute Gasteiger partial charge is 0.340 e. The van der Waals surface area contributed by atoms with Gasteiger partial charge in [-0.15, -0.1) is 0 Å². The number of halogens is 2. The van der Waals surface area contributed by atoms with Crippen molar-refractivity contribution in [2.24, 2.45) is 0 Å². The summed E-state index contributed by atoms with van der Waals surface area (Å²) in [6, 6.07) is 6.02. The molecule has 0 aliphatic carbocycles. The van der Waals surface area contributed by atoms with E-state index in [1.165, 1.54) is 0 Å². The third kappa shape index (κ3) is 5.87. The Balaban J connectivity index is 1.67. The molecule has 1 unspecified atom stereocenters. The van der Waals surface area contributed by atoms with Gasteiger partial charge in [-0.05, 0) is 61.4 Å². The monoisotopic (exact) mass is 524 g/mol. The standard InChI is InChI=1S/C21H26BrClN6O3/c1-28(2)11-12-29-10-6-5-9-15(21(29)32)24-20(31)17-16(22)18(27-26-17)25-19(30)13-7-3-4-8-14(13)23/h3-4,7-8,15H,5-6,9-12H2,1-2H3,(H,24,31)(H2,25,26,27,30). The van der Waals surface area contributed by atoms with Crippen LogP contribution in [0.5, 0.6) is 0 Å². The van der Waals surface area contributed by atoms with Crippen LogP contribution >= 0.6 is 27.5 Å². The van der Waals surface area contributed by atoms with Gasteiger partial charge in [-0.3, -0.25) is 19.5 Å². The van der Waals surface area contributed by atoms with E-state index in [0.717, 1.165) is 19.4 Å². The number of carbonyl (C=O) groups is 3. The van der Waals surface area contributed by atoms with Gasteiger partial charge in [0.25, 0.3) is 11.8 Å². The van der Waals surface area contributed by atoms with E-state index < -0.39 is 17.9 Å². The van der Waals surface area contributed by atoms with Crippen molar-refractivity contribution < 1.29 is 14.4 Å². The van der Waals surface area contributed by atoms with Gasteiger partial charge >= 0.3 is 0 Å². The van der Waals surface area contributed by atoms with Gasteiger partial charge in [0.1, 0.15) is 11.7 Å². The lowest BCUT2D eigenvalue weighted by Gasteiger charge is -2.26. The highest BCUT2D eigenvalue weighted by Crippen LogP contribution is 2.25. The first-order valence-corrected chi connectivity index (χ1v) is 11.5. The average molecular weight is 526 g/mol. The zero-order valence-electron chi connectivity index (χ0n) is 18.0. The average Bonchev–Trinajstić information content (AvgIpc) is 3.02. The van der Waals surface area contributed by atoms with Gasteiger partial charge < -0.3 is 20.4 Å². The quantitative estimate of drug-likeness (QED) is 0.515. The Bertz CT molecular complexity index is 996. The minimum atomic E-state index is -0.608. The van der Waals surface area contributed by atoms with E-state index in [0.29, 0.717) is 29.0 Å². The number of anilines is 1. The molecule has 2 aromatic rings. The number of amides is 3. The number of carbonyl (C=O) groups excluding carboxylic acids is 3. The highest BCUT2D eigenvalue weighted by Gasteiger charge is 2.30. The van der Waals surface area contributed by atoms with Crippen LogP contribution in [0.15, 0.2) is 28.7 Å². The van der Waals surface area contributed by atoms with E-state index in [1.54, 1.807) is 29.2 Å². The lowest BCUT2D eigenvalue weighted by molar-refractivity contribution is -0.132. The number of rotatable bonds is 7. The number of aromatic nitrogens is 2. The number of H-pyrrole nitrogens is 1. The Morgan fingerprint density at radius 1 is 1.28 bits per heavy atom. The second-order valence-electron chi connectivity index (χ2n) is 7.85. The Morgan fingerprint density at radius 2 is 2.03 bits per heavy atom. The summed E-state index contributed by atoms with van der Waals surface area (Å²) in [5.74, 6) is -0.860. The molecule has 3 amide bonds. The Hall–Kier alpha value is -2.43. The Labute approximate surface area is 200 Å². The smallest absolute Gasteiger partial charge is 0.271 e. The fourth-order valence-electron chi connectivity index (χ4n) is 3.39. The molecule has 3 rings (SSSR count). The van der Waals surface area contributed by atoms with Crippen molar-refractivity contribution in [3.8, 4) is 0 Å². The second-order valence-corrected chi connectivity index (χ2v) is 9.05. The van der Waals surface area contributed by atoms with Gasteiger partial charge in [-0.25, -0.2) is 0 Å². The zero-order chi connectivity index (χ0) is 23.3. The number of hydrogen-bond donors (Lipinski definition) is 3. The van der Waals surface area contributed by atoms with Crippen molar-refractivity contribution >= 4 is 51.1 Å². The van der Waals surface area contributed by atoms with E-state index in [1.807, 2.05) is 19.0 Å². The first-order valence-electron chi connectivity index (χ1n) is 10.3. The summed E-state index contributed by atoms with van der Waals surface area (Å²) in [5, 5.41) is 12.4. The van der Waals surface area contributed by atoms with E-state index in [-0.39, 0.29) is 23.0 Å². The molecule has 1 aromatic carbocycles. The molecule has 1 aromatic heterocycles. The van der Waals surface area contributed by atoms with Crippen LogP contribution in [-0.4, -0.2) is 77.5 Å². The molecule has 11 heteroatoms. The van der Waals surface area contributed by atoms with Crippen LogP contribution in [0.2, 0.25) is 5.02 Å². The van der Waals surface area contributed by atoms with Gasteiger partial charge in [-0.2, -0.15) is 5.10 Å². The highest BCUT2D eigenvalue weighted by molar-refractivity contribution is 9.10. The molecule has 1 aliphatic heterocycles. The summed E-state index contributed by atoms with van der Waals surface area (Å²) in [6.07, 6.45) is 2.32. The minimum absolute atomic E-state index is 0.0828. The molecule has 2 heterocycles. The number of likely N-dealkylation sites (tertiary alicyclic amines) is 1. The number of nitrogens with one attached hydrogen (secondary N) is 3. The molecule has 0 radical (unpaired) electrons. The molecule has 32 heavy (non-hydrogen) atoms. The van der Waals surface area contributed by atoms with Crippen LogP contribution in [0.4, 0.5) is 5.82 Å². The van der Waals surface area contributed by atoms with Crippen molar-refractivity contribution in [3.05, 3.63) is 45.0 Å². The molecule has 1 fully saturated rings. The molecule has 1 saturated heterocycles. The van der Waals surface area contributed by atoms with Gasteiger partial charge in [-0.1, -0.05) is 23.7 Å². The van der Waals surface area contributed by atoms with Gasteiger partial charge in [0.15, 0.2) is 5.82 Å². The molecular formula is C21H26BrClN6O3. The maximum Gasteiger partial charge on any atom is 0.271 e. The number of benzene rings is 1. The first kappa shape index (κ1) is 24.2. The number of aromatic amines is 1. The number of likely N-dealkylation sites (N-methyl/N-ethyl adjacent to an activating group) is 1. The number of hydrogen-bond acceptors (Lipinski definition) is 5. The molecule has 3 N–H and O–H groups in total. The third-order valence-electron chi connectivity index (χ3n) is 5.19. The predicted molar refractivity (Wildman–Crippen MR) is 126 cm³/mol. The van der Waals surface area contributed by atoms with Crippen LogP contribution in [0.3, 0.4) is 0 Å². The van der Waals surface area contributed by atoms with Crippen LogP contribution in [0.1, 0.15) is 40.1 Å². The fourth-order valence-corrected chi connectivity index (χ4v) is 4.07. The lowest BCUT2D eigenvalue weighted by atomic mass is 10.1. The van der Waals surface area contributed by atoms with Gasteiger partial charge in [0, 0.05) is 19.6 Å². The van der Waals surface area contributed by atoms with Crippen LogP contribution in [0, 0.1) is 0 Å². The van der Waals surface area contributed by atoms with Gasteiger partial charge in [0.05, 0.1) is 15.1 Å². The van der Waals surface area contributed by atoms with E-state index >= 15 is 0 Å². The first-order chi connectivity index (χ1) is 15.3. The predicted octanol–water partition coefficient (Wildman–Crippen LogP) is 2.75. The van der Waals surface area contributed by atoms with E-state index in [4.69, 9.17) is 11.6 Å². The van der Waals surface area contributed by atoms with Crippen LogP contribution < -0.4 is 10.6 Å². The second kappa shape index (κ2) is 10.9. The summed E-state index contributed by atoms with van der Waals surface area (Å²) in [6.45, 7) is 2.06. The fraction of sp³-hybridized carbons (Fsp3) is 0.429. The van der Waals surface area contributed by atoms with Gasteiger partial charge in [0.2, 0.25) is 5.91 Å². The molecule has 1 atom stereocenters. The van der Waals surface area contributed by atoms with E-state index in [2.05, 4.69) is 36.8 Å². The van der Waals surface area contributed by atoms with Crippen LogP contribution in [-0.2, 0) is 4.79 Å². The maximum absolute atomic E-state index is 12.9. The summed E-state index contributed by atoms with van der Waals surface area (Å²) >= 11 is 9.38. The van der Waals surface area contributed by atoms with Crippen molar-refractivity contribution in [2.75, 3.05) is 39.0 Å². The van der Waals surface area contributed by atoms with Crippen molar-refractivity contribution in [2.45, 2.75) is 25.3 Å². The van der Waals surface area contributed by atoms with Crippen molar-refractivity contribution in [1.29, 1.82) is 0 Å². The molecular weight excluding hydrogens is 500 g/mol. The third-order valence-corrected chi connectivity index (χ3v) is 6.29. The zero-order valence-corrected chi connectivity index (χ0v) is 20.3. The van der Waals surface area contributed by atoms with E-state index in [9.17, 15) is 14.4 Å². The summed E-state index contributed by atoms with van der Waals surface area (Å²) < 4.78 is 0.293. The highest BCUT2D eigenvalue weighted by atomic mass is 79.9.